The third-order valence-electron chi connectivity index (χ3n) is 3.25. The summed E-state index contributed by atoms with van der Waals surface area (Å²) in [6.07, 6.45) is 1.37. The molecule has 0 heterocycles. The molecule has 0 aliphatic rings. The normalized spacial score (nSPS) is 10.7. The van der Waals surface area contributed by atoms with Crippen LogP contribution in [0.15, 0.2) is 48.0 Å². The van der Waals surface area contributed by atoms with Crippen LogP contribution in [-0.2, 0) is 4.79 Å². The third kappa shape index (κ3) is 4.59. The van der Waals surface area contributed by atoms with Crippen LogP contribution in [0.25, 0.3) is 6.08 Å². The number of benzene rings is 2. The van der Waals surface area contributed by atoms with E-state index in [9.17, 15) is 14.9 Å². The van der Waals surface area contributed by atoms with Crippen LogP contribution in [0.1, 0.15) is 15.9 Å². The summed E-state index contributed by atoms with van der Waals surface area (Å²) in [6, 6.07) is 12.3. The summed E-state index contributed by atoms with van der Waals surface area (Å²) in [5.74, 6) is -1.23. The molecule has 25 heavy (non-hydrogen) atoms. The van der Waals surface area contributed by atoms with Crippen LogP contribution in [0.4, 0.5) is 5.69 Å². The molecular formula is C18H13ClN2O4. The number of anilines is 1. The van der Waals surface area contributed by atoms with Gasteiger partial charge in [-0.3, -0.25) is 4.79 Å². The zero-order chi connectivity index (χ0) is 18.4. The molecule has 2 rings (SSSR count). The van der Waals surface area contributed by atoms with E-state index in [-0.39, 0.29) is 11.1 Å². The second-order valence-electron chi connectivity index (χ2n) is 4.89. The molecule has 126 valence electrons. The van der Waals surface area contributed by atoms with Crippen molar-refractivity contribution >= 4 is 35.2 Å². The standard InChI is InChI=1S/C18H13ClN2O4/c1-25-16-7-4-14(19)9-12(16)8-13(10-20)17(22)21-15-5-2-11(3-6-15)18(23)24/h2-9H,1H3,(H,21,22)(H,23,24)/b13-8-. The molecule has 2 N–H and O–H groups in total. The number of rotatable bonds is 5. The van der Waals surface area contributed by atoms with Crippen molar-refractivity contribution in [2.45, 2.75) is 0 Å². The fraction of sp³-hybridized carbons (Fsp3) is 0.0556. The number of aromatic carboxylic acids is 1. The van der Waals surface area contributed by atoms with Crippen molar-refractivity contribution in [2.75, 3.05) is 12.4 Å². The molecule has 0 aliphatic carbocycles. The maximum atomic E-state index is 12.3. The van der Waals surface area contributed by atoms with Crippen molar-refractivity contribution in [1.29, 1.82) is 5.26 Å². The van der Waals surface area contributed by atoms with Gasteiger partial charge < -0.3 is 15.2 Å². The number of nitriles is 1. The monoisotopic (exact) mass is 356 g/mol. The van der Waals surface area contributed by atoms with Crippen LogP contribution in [0.5, 0.6) is 5.75 Å². The van der Waals surface area contributed by atoms with Gasteiger partial charge in [-0.2, -0.15) is 5.26 Å². The van der Waals surface area contributed by atoms with Crippen molar-refractivity contribution in [3.63, 3.8) is 0 Å². The third-order valence-corrected chi connectivity index (χ3v) is 3.48. The van der Waals surface area contributed by atoms with Crippen LogP contribution in [0.3, 0.4) is 0 Å². The largest absolute Gasteiger partial charge is 0.496 e. The van der Waals surface area contributed by atoms with Crippen molar-refractivity contribution in [3.05, 3.63) is 64.2 Å². The van der Waals surface area contributed by atoms with Gasteiger partial charge in [0.25, 0.3) is 5.91 Å². The predicted octanol–water partition coefficient (Wildman–Crippen LogP) is 3.59. The Morgan fingerprint density at radius 3 is 2.48 bits per heavy atom. The summed E-state index contributed by atoms with van der Waals surface area (Å²) in [6.45, 7) is 0. The van der Waals surface area contributed by atoms with Gasteiger partial charge in [0.15, 0.2) is 0 Å². The van der Waals surface area contributed by atoms with Gasteiger partial charge >= 0.3 is 5.97 Å². The lowest BCUT2D eigenvalue weighted by molar-refractivity contribution is -0.112. The summed E-state index contributed by atoms with van der Waals surface area (Å²) in [5.41, 5.74) is 0.803. The number of ether oxygens (including phenoxy) is 1. The first-order valence-electron chi connectivity index (χ1n) is 7.04. The maximum Gasteiger partial charge on any atom is 0.335 e. The van der Waals surface area contributed by atoms with E-state index in [1.807, 2.05) is 6.07 Å². The quantitative estimate of drug-likeness (QED) is 0.630. The van der Waals surface area contributed by atoms with Gasteiger partial charge in [-0.15, -0.1) is 0 Å². The van der Waals surface area contributed by atoms with Crippen LogP contribution in [0, 0.1) is 11.3 Å². The number of methoxy groups -OCH3 is 1. The summed E-state index contributed by atoms with van der Waals surface area (Å²) < 4.78 is 5.18. The number of carbonyl (C=O) groups is 2. The molecule has 0 aliphatic heterocycles. The van der Waals surface area contributed by atoms with Crippen molar-refractivity contribution in [1.82, 2.24) is 0 Å². The molecule has 7 heteroatoms. The minimum Gasteiger partial charge on any atom is -0.496 e. The van der Waals surface area contributed by atoms with Crippen LogP contribution < -0.4 is 10.1 Å². The fourth-order valence-corrected chi connectivity index (χ4v) is 2.20. The van der Waals surface area contributed by atoms with Crippen LogP contribution in [-0.4, -0.2) is 24.1 Å². The Bertz CT molecular complexity index is 883. The molecule has 6 nitrogen and oxygen atoms in total. The Morgan fingerprint density at radius 2 is 1.92 bits per heavy atom. The van der Waals surface area contributed by atoms with Gasteiger partial charge in [-0.25, -0.2) is 4.79 Å². The first-order chi connectivity index (χ1) is 11.9. The number of nitrogens with one attached hydrogen (secondary N) is 1. The summed E-state index contributed by atoms with van der Waals surface area (Å²) in [5, 5.41) is 21.1. The number of carboxylic acid groups (broad SMARTS) is 1. The SMILES string of the molecule is COc1ccc(Cl)cc1/C=C(/C#N)C(=O)Nc1ccc(C(=O)O)cc1. The first-order valence-corrected chi connectivity index (χ1v) is 7.42. The Hall–Kier alpha value is -3.30. The summed E-state index contributed by atoms with van der Waals surface area (Å²) >= 11 is 5.93. The maximum absolute atomic E-state index is 12.3. The second-order valence-corrected chi connectivity index (χ2v) is 5.33. The van der Waals surface area contributed by atoms with E-state index in [0.717, 1.165) is 0 Å². The number of nitrogens with zero attached hydrogens (tertiary/aromatic N) is 1. The minimum absolute atomic E-state index is 0.0951. The Labute approximate surface area is 148 Å². The second kappa shape index (κ2) is 7.99. The number of carbonyl (C=O) groups excluding carboxylic acids is 1. The lowest BCUT2D eigenvalue weighted by atomic mass is 10.1. The minimum atomic E-state index is -1.07. The van der Waals surface area contributed by atoms with E-state index >= 15 is 0 Å². The molecule has 0 unspecified atom stereocenters. The highest BCUT2D eigenvalue weighted by Crippen LogP contribution is 2.25. The lowest BCUT2D eigenvalue weighted by Gasteiger charge is -2.07. The van der Waals surface area contributed by atoms with Gasteiger partial charge in [0, 0.05) is 16.3 Å². The molecule has 0 aromatic heterocycles. The first kappa shape index (κ1) is 18.0. The molecule has 2 aromatic rings. The summed E-state index contributed by atoms with van der Waals surface area (Å²) in [7, 11) is 1.47. The van der Waals surface area contributed by atoms with E-state index in [0.29, 0.717) is 22.0 Å². The van der Waals surface area contributed by atoms with Crippen molar-refractivity contribution in [3.8, 4) is 11.8 Å². The smallest absolute Gasteiger partial charge is 0.335 e. The van der Waals surface area contributed by atoms with Crippen molar-refractivity contribution in [2.24, 2.45) is 0 Å². The van der Waals surface area contributed by atoms with Gasteiger partial charge in [-0.05, 0) is 48.5 Å². The highest BCUT2D eigenvalue weighted by molar-refractivity contribution is 6.30. The van der Waals surface area contributed by atoms with E-state index in [1.54, 1.807) is 18.2 Å². The zero-order valence-corrected chi connectivity index (χ0v) is 13.9. The van der Waals surface area contributed by atoms with Crippen LogP contribution in [0.2, 0.25) is 5.02 Å². The van der Waals surface area contributed by atoms with Crippen LogP contribution >= 0.6 is 11.6 Å². The number of hydrogen-bond donors (Lipinski definition) is 2. The number of halogens is 1. The average Bonchev–Trinajstić information content (AvgIpc) is 2.60. The molecule has 0 saturated carbocycles. The van der Waals surface area contributed by atoms with Gasteiger partial charge in [-0.1, -0.05) is 11.6 Å². The predicted molar refractivity (Wildman–Crippen MR) is 93.6 cm³/mol. The Balaban J connectivity index is 2.25. The topological polar surface area (TPSA) is 99.4 Å². The molecule has 0 radical (unpaired) electrons. The molecular weight excluding hydrogens is 344 g/mol. The molecule has 0 spiro atoms. The molecule has 0 saturated heterocycles. The van der Waals surface area contributed by atoms with Gasteiger partial charge in [0.05, 0.1) is 12.7 Å². The average molecular weight is 357 g/mol. The Morgan fingerprint density at radius 1 is 1.24 bits per heavy atom. The number of carboxylic acids is 1. The molecule has 0 bridgehead atoms. The zero-order valence-electron chi connectivity index (χ0n) is 13.1. The molecule has 0 atom stereocenters. The Kier molecular flexibility index (Phi) is 5.77. The summed E-state index contributed by atoms with van der Waals surface area (Å²) in [4.78, 5) is 23.1. The molecule has 2 aromatic carbocycles. The number of hydrogen-bond acceptors (Lipinski definition) is 4. The van der Waals surface area contributed by atoms with E-state index in [4.69, 9.17) is 21.4 Å². The highest BCUT2D eigenvalue weighted by Gasteiger charge is 2.12. The van der Waals surface area contributed by atoms with E-state index in [1.165, 1.54) is 37.5 Å². The van der Waals surface area contributed by atoms with E-state index in [2.05, 4.69) is 5.32 Å². The molecule has 0 fully saturated rings. The highest BCUT2D eigenvalue weighted by atomic mass is 35.5. The van der Waals surface area contributed by atoms with Gasteiger partial charge in [0.1, 0.15) is 17.4 Å². The number of amides is 1. The lowest BCUT2D eigenvalue weighted by Crippen LogP contribution is -2.13. The molecule has 1 amide bonds. The fourth-order valence-electron chi connectivity index (χ4n) is 2.02. The van der Waals surface area contributed by atoms with Gasteiger partial charge in [0.2, 0.25) is 0 Å². The van der Waals surface area contributed by atoms with Crippen molar-refractivity contribution < 1.29 is 19.4 Å². The van der Waals surface area contributed by atoms with E-state index < -0.39 is 11.9 Å².